The van der Waals surface area contributed by atoms with Gasteiger partial charge in [-0.15, -0.1) is 0 Å². The van der Waals surface area contributed by atoms with Gasteiger partial charge in [0.05, 0.1) is 18.2 Å². The molecule has 0 aliphatic rings. The Bertz CT molecular complexity index is 1060. The van der Waals surface area contributed by atoms with Crippen molar-refractivity contribution in [1.29, 1.82) is 0 Å². The van der Waals surface area contributed by atoms with Gasteiger partial charge in [0.25, 0.3) is 0 Å². The maximum absolute atomic E-state index is 12.9. The fourth-order valence-corrected chi connectivity index (χ4v) is 2.68. The zero-order valence-corrected chi connectivity index (χ0v) is 16.3. The first-order valence-electron chi connectivity index (χ1n) is 9.02. The van der Waals surface area contributed by atoms with Gasteiger partial charge in [-0.3, -0.25) is 4.79 Å². The van der Waals surface area contributed by atoms with Crippen molar-refractivity contribution in [3.05, 3.63) is 59.5 Å². The number of aryl methyl sites for hydroxylation is 1. The van der Waals surface area contributed by atoms with E-state index in [-0.39, 0.29) is 30.6 Å². The van der Waals surface area contributed by atoms with E-state index < -0.39 is 35.1 Å². The molecule has 2 aromatic carbocycles. The Morgan fingerprint density at radius 2 is 1.59 bits per heavy atom. The zero-order chi connectivity index (χ0) is 23.5. The lowest BCUT2D eigenvalue weighted by Gasteiger charge is -2.14. The molecule has 0 aliphatic carbocycles. The molecule has 32 heavy (non-hydrogen) atoms. The summed E-state index contributed by atoms with van der Waals surface area (Å²) < 4.78 is 87.6. The summed E-state index contributed by atoms with van der Waals surface area (Å²) in [5, 5.41) is 5.82. The number of ether oxygens (including phenoxy) is 1. The zero-order valence-electron chi connectivity index (χ0n) is 16.3. The molecule has 0 atom stereocenters. The smallest absolute Gasteiger partial charge is 0.416 e. The fraction of sp³-hybridized carbons (Fsp3) is 0.250. The summed E-state index contributed by atoms with van der Waals surface area (Å²) in [6.45, 7) is 0. The van der Waals surface area contributed by atoms with Gasteiger partial charge in [0.1, 0.15) is 5.75 Å². The highest BCUT2D eigenvalue weighted by Gasteiger charge is 2.37. The molecule has 1 N–H and O–H groups in total. The fourth-order valence-electron chi connectivity index (χ4n) is 2.68. The van der Waals surface area contributed by atoms with Gasteiger partial charge >= 0.3 is 12.4 Å². The molecule has 0 unspecified atom stereocenters. The van der Waals surface area contributed by atoms with Gasteiger partial charge in [-0.25, -0.2) is 0 Å². The number of rotatable bonds is 6. The topological polar surface area (TPSA) is 77.2 Å². The number of alkyl halides is 6. The number of halogens is 6. The van der Waals surface area contributed by atoms with Gasteiger partial charge in [0.15, 0.2) is 0 Å². The highest BCUT2D eigenvalue weighted by atomic mass is 19.4. The van der Waals surface area contributed by atoms with Gasteiger partial charge < -0.3 is 14.6 Å². The maximum Gasteiger partial charge on any atom is 0.416 e. The predicted molar refractivity (Wildman–Crippen MR) is 99.7 cm³/mol. The molecule has 0 aliphatic heterocycles. The summed E-state index contributed by atoms with van der Waals surface area (Å²) in [7, 11) is 1.51. The van der Waals surface area contributed by atoms with E-state index in [2.05, 4.69) is 10.1 Å². The molecule has 170 valence electrons. The Balaban J connectivity index is 1.67. The number of anilines is 1. The lowest BCUT2D eigenvalue weighted by Crippen LogP contribution is -2.16. The summed E-state index contributed by atoms with van der Waals surface area (Å²) >= 11 is 0. The van der Waals surface area contributed by atoms with Crippen LogP contribution in [0.15, 0.2) is 47.0 Å². The SMILES string of the molecule is COc1ccc(-c2noc(CCC(=O)Nc3cc(C(F)(F)F)cc(C(F)(F)F)c3)n2)cc1. The van der Waals surface area contributed by atoms with Crippen LogP contribution in [0.4, 0.5) is 32.0 Å². The highest BCUT2D eigenvalue weighted by Crippen LogP contribution is 2.37. The van der Waals surface area contributed by atoms with E-state index in [9.17, 15) is 31.1 Å². The Kier molecular flexibility index (Phi) is 6.42. The standard InChI is InChI=1S/C20H15F6N3O3/c1-31-15-4-2-11(3-5-15)18-28-17(32-29-18)7-6-16(30)27-14-9-12(19(21,22)23)8-13(10-14)20(24,25)26/h2-5,8-10H,6-7H2,1H3,(H,27,30). The van der Waals surface area contributed by atoms with Crippen LogP contribution in [0.2, 0.25) is 0 Å². The molecule has 0 bridgehead atoms. The molecule has 3 aromatic rings. The second-order valence-electron chi connectivity index (χ2n) is 6.58. The van der Waals surface area contributed by atoms with Crippen LogP contribution in [0.5, 0.6) is 5.75 Å². The Hall–Kier alpha value is -3.57. The average molecular weight is 459 g/mol. The second kappa shape index (κ2) is 8.89. The molecule has 0 saturated heterocycles. The molecule has 0 saturated carbocycles. The largest absolute Gasteiger partial charge is 0.497 e. The first-order valence-corrected chi connectivity index (χ1v) is 9.02. The van der Waals surface area contributed by atoms with E-state index in [1.165, 1.54) is 7.11 Å². The van der Waals surface area contributed by atoms with Crippen LogP contribution in [0, 0.1) is 0 Å². The van der Waals surface area contributed by atoms with Crippen molar-refractivity contribution < 1.29 is 40.4 Å². The third-order valence-corrected chi connectivity index (χ3v) is 4.25. The van der Waals surface area contributed by atoms with E-state index in [0.29, 0.717) is 23.4 Å². The number of amides is 1. The number of hydrogen-bond acceptors (Lipinski definition) is 5. The van der Waals surface area contributed by atoms with Gasteiger partial charge in [-0.05, 0) is 42.5 Å². The number of nitrogens with zero attached hydrogens (tertiary/aromatic N) is 2. The maximum atomic E-state index is 12.9. The van der Waals surface area contributed by atoms with Crippen molar-refractivity contribution >= 4 is 11.6 Å². The van der Waals surface area contributed by atoms with Gasteiger partial charge in [-0.1, -0.05) is 5.16 Å². The van der Waals surface area contributed by atoms with Gasteiger partial charge in [0, 0.05) is 24.1 Å². The van der Waals surface area contributed by atoms with Gasteiger partial charge in [-0.2, -0.15) is 31.3 Å². The second-order valence-corrected chi connectivity index (χ2v) is 6.58. The van der Waals surface area contributed by atoms with Crippen LogP contribution in [0.1, 0.15) is 23.4 Å². The van der Waals surface area contributed by atoms with Crippen molar-refractivity contribution in [2.45, 2.75) is 25.2 Å². The summed E-state index contributed by atoms with van der Waals surface area (Å²) in [6, 6.07) is 7.59. The molecular formula is C20H15F6N3O3. The minimum Gasteiger partial charge on any atom is -0.497 e. The molecule has 0 spiro atoms. The van der Waals surface area contributed by atoms with E-state index in [4.69, 9.17) is 9.26 Å². The van der Waals surface area contributed by atoms with Crippen LogP contribution in [0.25, 0.3) is 11.4 Å². The first-order chi connectivity index (χ1) is 15.0. The van der Waals surface area contributed by atoms with Crippen LogP contribution < -0.4 is 10.1 Å². The van der Waals surface area contributed by atoms with E-state index in [0.717, 1.165) is 0 Å². The lowest BCUT2D eigenvalue weighted by atomic mass is 10.1. The van der Waals surface area contributed by atoms with Crippen LogP contribution in [-0.2, 0) is 23.6 Å². The quantitative estimate of drug-likeness (QED) is 0.503. The minimum absolute atomic E-state index is 0.0191. The van der Waals surface area contributed by atoms with E-state index >= 15 is 0 Å². The Labute approximate surface area is 177 Å². The third-order valence-electron chi connectivity index (χ3n) is 4.25. The summed E-state index contributed by atoms with van der Waals surface area (Å²) in [4.78, 5) is 16.2. The average Bonchev–Trinajstić information content (AvgIpc) is 3.20. The summed E-state index contributed by atoms with van der Waals surface area (Å²) in [5.74, 6) is 0.126. The molecule has 1 aromatic heterocycles. The molecule has 0 fully saturated rings. The van der Waals surface area contributed by atoms with E-state index in [1.807, 2.05) is 5.32 Å². The highest BCUT2D eigenvalue weighted by molar-refractivity contribution is 5.91. The normalized spacial score (nSPS) is 12.0. The molecule has 1 amide bonds. The monoisotopic (exact) mass is 459 g/mol. The Morgan fingerprint density at radius 3 is 2.12 bits per heavy atom. The molecule has 6 nitrogen and oxygen atoms in total. The lowest BCUT2D eigenvalue weighted by molar-refractivity contribution is -0.143. The van der Waals surface area contributed by atoms with Crippen LogP contribution >= 0.6 is 0 Å². The molecule has 0 radical (unpaired) electrons. The first kappa shape index (κ1) is 23.1. The number of methoxy groups -OCH3 is 1. The third kappa shape index (κ3) is 5.77. The molecular weight excluding hydrogens is 444 g/mol. The van der Waals surface area contributed by atoms with Crippen molar-refractivity contribution in [3.63, 3.8) is 0 Å². The summed E-state index contributed by atoms with van der Waals surface area (Å²) in [6.07, 6.45) is -10.4. The van der Waals surface area contributed by atoms with Crippen LogP contribution in [-0.4, -0.2) is 23.2 Å². The van der Waals surface area contributed by atoms with Crippen molar-refractivity contribution in [2.75, 3.05) is 12.4 Å². The molecule has 1 heterocycles. The van der Waals surface area contributed by atoms with Crippen molar-refractivity contribution in [1.82, 2.24) is 10.1 Å². The van der Waals surface area contributed by atoms with Crippen molar-refractivity contribution in [3.8, 4) is 17.1 Å². The minimum atomic E-state index is -5.01. The molecule has 3 rings (SSSR count). The summed E-state index contributed by atoms with van der Waals surface area (Å²) in [5.41, 5.74) is -3.05. The number of nitrogens with one attached hydrogen (secondary N) is 1. The molecule has 12 heteroatoms. The van der Waals surface area contributed by atoms with Crippen LogP contribution in [0.3, 0.4) is 0 Å². The van der Waals surface area contributed by atoms with Gasteiger partial charge in [0.2, 0.25) is 17.6 Å². The Morgan fingerprint density at radius 1 is 1.00 bits per heavy atom. The number of aromatic nitrogens is 2. The number of benzene rings is 2. The van der Waals surface area contributed by atoms with E-state index in [1.54, 1.807) is 24.3 Å². The number of carbonyl (C=O) groups excluding carboxylic acids is 1. The predicted octanol–water partition coefficient (Wildman–Crippen LogP) is 5.35. The van der Waals surface area contributed by atoms with Crippen molar-refractivity contribution in [2.24, 2.45) is 0 Å². The number of carbonyl (C=O) groups is 1. The number of hydrogen-bond donors (Lipinski definition) is 1.